The summed E-state index contributed by atoms with van der Waals surface area (Å²) in [4.78, 5) is 36.8. The van der Waals surface area contributed by atoms with Crippen LogP contribution in [0.1, 0.15) is 48.5 Å². The first-order valence-corrected chi connectivity index (χ1v) is 11.7. The normalized spacial score (nSPS) is 10.7. The number of benzene rings is 2. The van der Waals surface area contributed by atoms with Gasteiger partial charge in [-0.2, -0.15) is 5.10 Å². The Morgan fingerprint density at radius 2 is 1.83 bits per heavy atom. The van der Waals surface area contributed by atoms with Crippen molar-refractivity contribution in [1.82, 2.24) is 9.78 Å². The molecule has 0 aliphatic carbocycles. The molecule has 0 unspecified atom stereocenters. The van der Waals surface area contributed by atoms with Crippen molar-refractivity contribution in [3.63, 3.8) is 0 Å². The van der Waals surface area contributed by atoms with Crippen LogP contribution in [0.15, 0.2) is 65.5 Å². The van der Waals surface area contributed by atoms with Gasteiger partial charge in [0.15, 0.2) is 5.78 Å². The van der Waals surface area contributed by atoms with Crippen molar-refractivity contribution in [3.8, 4) is 11.3 Å². The molecule has 0 bridgehead atoms. The highest BCUT2D eigenvalue weighted by molar-refractivity contribution is 5.97. The maximum atomic E-state index is 12.6. The average molecular weight is 478 g/mol. The van der Waals surface area contributed by atoms with Crippen molar-refractivity contribution in [2.24, 2.45) is 0 Å². The number of hydrogen-bond donors (Lipinski definition) is 1. The third kappa shape index (κ3) is 7.89. The highest BCUT2D eigenvalue weighted by Crippen LogP contribution is 2.19. The first-order chi connectivity index (χ1) is 17.0. The zero-order valence-electron chi connectivity index (χ0n) is 20.2. The first kappa shape index (κ1) is 25.8. The molecule has 8 heteroatoms. The minimum atomic E-state index is -0.536. The van der Waals surface area contributed by atoms with Crippen LogP contribution in [0.3, 0.4) is 0 Å². The Hall–Kier alpha value is -3.78. The molecule has 0 fully saturated rings. The van der Waals surface area contributed by atoms with Crippen LogP contribution in [0.25, 0.3) is 11.3 Å². The van der Waals surface area contributed by atoms with E-state index in [4.69, 9.17) is 9.47 Å². The SMILES string of the molecule is CCOC(=O)Nc1cccc(Cn2nc(-c3cccc(C(=O)CCCCCOC)c3)ccc2=O)c1. The van der Waals surface area contributed by atoms with Gasteiger partial charge in [-0.05, 0) is 49.6 Å². The molecule has 3 rings (SSSR count). The summed E-state index contributed by atoms with van der Waals surface area (Å²) in [7, 11) is 1.67. The Bertz CT molecular complexity index is 1210. The van der Waals surface area contributed by atoms with E-state index in [1.165, 1.54) is 10.7 Å². The van der Waals surface area contributed by atoms with Gasteiger partial charge < -0.3 is 9.47 Å². The van der Waals surface area contributed by atoms with Crippen LogP contribution < -0.4 is 10.9 Å². The second kappa shape index (κ2) is 13.2. The predicted molar refractivity (Wildman–Crippen MR) is 135 cm³/mol. The molecule has 35 heavy (non-hydrogen) atoms. The highest BCUT2D eigenvalue weighted by Gasteiger charge is 2.10. The number of ether oxygens (including phenoxy) is 2. The molecule has 184 valence electrons. The van der Waals surface area contributed by atoms with Gasteiger partial charge in [-0.25, -0.2) is 9.48 Å². The Kier molecular flexibility index (Phi) is 9.74. The predicted octanol–water partition coefficient (Wildman–Crippen LogP) is 4.92. The standard InChI is InChI=1S/C27H31N3O5/c1-3-35-27(33)28-23-12-7-9-20(17-23)19-30-26(32)15-14-24(29-30)21-10-8-11-22(18-21)25(31)13-5-4-6-16-34-2/h7-12,14-15,17-18H,3-6,13,16,19H2,1-2H3,(H,28,33). The van der Waals surface area contributed by atoms with Gasteiger partial charge >= 0.3 is 6.09 Å². The monoisotopic (exact) mass is 477 g/mol. The van der Waals surface area contributed by atoms with E-state index in [-0.39, 0.29) is 24.5 Å². The number of Topliss-reactive ketones (excluding diaryl/α,β-unsaturated/α-hetero) is 1. The molecule has 2 aromatic carbocycles. The van der Waals surface area contributed by atoms with Gasteiger partial charge in [0.2, 0.25) is 0 Å². The van der Waals surface area contributed by atoms with E-state index in [2.05, 4.69) is 10.4 Å². The van der Waals surface area contributed by atoms with Crippen molar-refractivity contribution in [2.45, 2.75) is 39.2 Å². The summed E-state index contributed by atoms with van der Waals surface area (Å²) in [5, 5.41) is 7.18. The second-order valence-electron chi connectivity index (χ2n) is 8.07. The van der Waals surface area contributed by atoms with Gasteiger partial charge in [-0.3, -0.25) is 14.9 Å². The minimum absolute atomic E-state index is 0.0866. The molecule has 0 saturated heterocycles. The second-order valence-corrected chi connectivity index (χ2v) is 8.07. The van der Waals surface area contributed by atoms with E-state index in [0.29, 0.717) is 30.0 Å². The first-order valence-electron chi connectivity index (χ1n) is 11.7. The van der Waals surface area contributed by atoms with Crippen molar-refractivity contribution in [3.05, 3.63) is 82.1 Å². The number of hydrogen-bond acceptors (Lipinski definition) is 6. The molecule has 0 radical (unpaired) electrons. The Morgan fingerprint density at radius 3 is 2.63 bits per heavy atom. The zero-order chi connectivity index (χ0) is 25.0. The minimum Gasteiger partial charge on any atom is -0.450 e. The van der Waals surface area contributed by atoms with E-state index in [9.17, 15) is 14.4 Å². The Morgan fingerprint density at radius 1 is 1.00 bits per heavy atom. The molecule has 1 N–H and O–H groups in total. The third-order valence-electron chi connectivity index (χ3n) is 5.38. The molecule has 0 aliphatic heterocycles. The van der Waals surface area contributed by atoms with Crippen molar-refractivity contribution < 1.29 is 19.1 Å². The fourth-order valence-electron chi connectivity index (χ4n) is 3.63. The van der Waals surface area contributed by atoms with E-state index >= 15 is 0 Å². The average Bonchev–Trinajstić information content (AvgIpc) is 2.85. The maximum Gasteiger partial charge on any atom is 0.411 e. The largest absolute Gasteiger partial charge is 0.450 e. The van der Waals surface area contributed by atoms with E-state index in [0.717, 1.165) is 30.4 Å². The van der Waals surface area contributed by atoms with Crippen LogP contribution in [0.5, 0.6) is 0 Å². The van der Waals surface area contributed by atoms with Crippen molar-refractivity contribution in [2.75, 3.05) is 25.6 Å². The number of methoxy groups -OCH3 is 1. The van der Waals surface area contributed by atoms with Crippen LogP contribution in [0.4, 0.5) is 10.5 Å². The molecule has 0 saturated carbocycles. The van der Waals surface area contributed by atoms with Crippen LogP contribution in [-0.4, -0.2) is 42.0 Å². The van der Waals surface area contributed by atoms with Gasteiger partial charge in [-0.1, -0.05) is 36.8 Å². The fourth-order valence-corrected chi connectivity index (χ4v) is 3.63. The summed E-state index contributed by atoms with van der Waals surface area (Å²) in [6.45, 7) is 2.94. The quantitative estimate of drug-likeness (QED) is 0.294. The number of nitrogens with one attached hydrogen (secondary N) is 1. The Balaban J connectivity index is 1.73. The maximum absolute atomic E-state index is 12.6. The van der Waals surface area contributed by atoms with Crippen molar-refractivity contribution in [1.29, 1.82) is 0 Å². The van der Waals surface area contributed by atoms with Gasteiger partial charge in [0, 0.05) is 43.0 Å². The molecule has 3 aromatic rings. The third-order valence-corrected chi connectivity index (χ3v) is 5.38. The lowest BCUT2D eigenvalue weighted by molar-refractivity contribution is 0.0977. The molecule has 1 aromatic heterocycles. The summed E-state index contributed by atoms with van der Waals surface area (Å²) >= 11 is 0. The molecule has 1 heterocycles. The van der Waals surface area contributed by atoms with Gasteiger partial charge in [-0.15, -0.1) is 0 Å². The van der Waals surface area contributed by atoms with E-state index in [1.54, 1.807) is 44.4 Å². The van der Waals surface area contributed by atoms with Gasteiger partial charge in [0.25, 0.3) is 5.56 Å². The summed E-state index contributed by atoms with van der Waals surface area (Å²) in [5.74, 6) is 0.0866. The van der Waals surface area contributed by atoms with E-state index < -0.39 is 6.09 Å². The summed E-state index contributed by atoms with van der Waals surface area (Å²) < 4.78 is 11.3. The number of rotatable bonds is 12. The highest BCUT2D eigenvalue weighted by atomic mass is 16.5. The number of carbonyl (C=O) groups excluding carboxylic acids is 2. The lowest BCUT2D eigenvalue weighted by Crippen LogP contribution is -2.23. The number of carbonyl (C=O) groups is 2. The molecular formula is C27H31N3O5. The van der Waals surface area contributed by atoms with Gasteiger partial charge in [0.1, 0.15) is 0 Å². The van der Waals surface area contributed by atoms with Crippen LogP contribution in [0.2, 0.25) is 0 Å². The zero-order valence-corrected chi connectivity index (χ0v) is 20.2. The fraction of sp³-hybridized carbons (Fsp3) is 0.333. The van der Waals surface area contributed by atoms with Crippen molar-refractivity contribution >= 4 is 17.6 Å². The molecule has 0 aliphatic rings. The van der Waals surface area contributed by atoms with Gasteiger partial charge in [0.05, 0.1) is 18.8 Å². The smallest absolute Gasteiger partial charge is 0.411 e. The summed E-state index contributed by atoms with van der Waals surface area (Å²) in [5.41, 5.74) is 3.11. The number of unbranched alkanes of at least 4 members (excludes halogenated alkanes) is 2. The van der Waals surface area contributed by atoms with Crippen LogP contribution >= 0.6 is 0 Å². The van der Waals surface area contributed by atoms with Crippen LogP contribution in [-0.2, 0) is 16.0 Å². The van der Waals surface area contributed by atoms with E-state index in [1.807, 2.05) is 24.3 Å². The molecule has 0 atom stereocenters. The lowest BCUT2D eigenvalue weighted by Gasteiger charge is -2.10. The number of anilines is 1. The summed E-state index contributed by atoms with van der Waals surface area (Å²) in [6.07, 6.45) is 2.65. The van der Waals surface area contributed by atoms with Crippen LogP contribution in [0, 0.1) is 0 Å². The number of amides is 1. The summed E-state index contributed by atoms with van der Waals surface area (Å²) in [6, 6.07) is 17.6. The number of nitrogens with zero attached hydrogens (tertiary/aromatic N) is 2. The number of aromatic nitrogens is 2. The topological polar surface area (TPSA) is 99.5 Å². The molecule has 0 spiro atoms. The lowest BCUT2D eigenvalue weighted by atomic mass is 10.0. The Labute approximate surface area is 204 Å². The molecular weight excluding hydrogens is 446 g/mol. The molecule has 1 amide bonds. The number of ketones is 1. The molecule has 8 nitrogen and oxygen atoms in total.